The second-order valence-electron chi connectivity index (χ2n) is 9.35. The molecule has 0 spiro atoms. The number of carbonyl (C=O) groups is 2. The van der Waals surface area contributed by atoms with Crippen LogP contribution in [0.25, 0.3) is 0 Å². The summed E-state index contributed by atoms with van der Waals surface area (Å²) in [6.07, 6.45) is 3.54. The molecule has 2 amide bonds. The third kappa shape index (κ3) is 7.66. The van der Waals surface area contributed by atoms with Gasteiger partial charge in [-0.3, -0.25) is 9.59 Å². The van der Waals surface area contributed by atoms with Crippen LogP contribution in [0.2, 0.25) is 5.15 Å². The minimum absolute atomic E-state index is 0.0246. The minimum atomic E-state index is -0.637. The molecule has 0 saturated carbocycles. The summed E-state index contributed by atoms with van der Waals surface area (Å²) in [5.74, 6) is 0.326. The van der Waals surface area contributed by atoms with E-state index in [0.29, 0.717) is 29.5 Å². The van der Waals surface area contributed by atoms with Crippen molar-refractivity contribution in [2.45, 2.75) is 72.2 Å². The number of rotatable bonds is 13. The zero-order valence-electron chi connectivity index (χ0n) is 21.8. The number of aliphatic hydroxyl groups excluding tert-OH is 1. The van der Waals surface area contributed by atoms with Crippen molar-refractivity contribution >= 4 is 23.4 Å². The maximum atomic E-state index is 13.0. The van der Waals surface area contributed by atoms with Crippen LogP contribution < -0.4 is 10.6 Å². The van der Waals surface area contributed by atoms with E-state index in [1.54, 1.807) is 12.1 Å². The van der Waals surface area contributed by atoms with Gasteiger partial charge >= 0.3 is 0 Å². The fourth-order valence-corrected chi connectivity index (χ4v) is 4.39. The molecule has 0 saturated heterocycles. The largest absolute Gasteiger partial charge is 0.390 e. The highest BCUT2D eigenvalue weighted by molar-refractivity contribution is 6.30. The van der Waals surface area contributed by atoms with E-state index in [9.17, 15) is 14.7 Å². The van der Waals surface area contributed by atoms with E-state index in [2.05, 4.69) is 22.5 Å². The van der Waals surface area contributed by atoms with Crippen molar-refractivity contribution in [1.29, 1.82) is 0 Å². The van der Waals surface area contributed by atoms with Crippen molar-refractivity contribution in [3.05, 3.63) is 88.0 Å². The van der Waals surface area contributed by atoms with E-state index in [-0.39, 0.29) is 24.3 Å². The smallest absolute Gasteiger partial charge is 0.251 e. The molecule has 0 aliphatic rings. The van der Waals surface area contributed by atoms with Crippen molar-refractivity contribution in [3.63, 3.8) is 0 Å². The number of hydrogen-bond donors (Lipinski definition) is 3. The van der Waals surface area contributed by atoms with Gasteiger partial charge in [0, 0.05) is 25.1 Å². The van der Waals surface area contributed by atoms with Crippen molar-refractivity contribution in [2.75, 3.05) is 0 Å². The molecule has 0 fully saturated rings. The molecule has 3 aromatic rings. The Morgan fingerprint density at radius 3 is 2.38 bits per heavy atom. The molecule has 1 aromatic heterocycles. The van der Waals surface area contributed by atoms with Gasteiger partial charge in [-0.1, -0.05) is 87.7 Å². The molecule has 1 heterocycles. The van der Waals surface area contributed by atoms with Gasteiger partial charge in [0.05, 0.1) is 12.3 Å². The summed E-state index contributed by atoms with van der Waals surface area (Å²) < 4.78 is 1.95. The lowest BCUT2D eigenvalue weighted by molar-refractivity contribution is -0.124. The fraction of sp³-hybridized carbons (Fsp3) is 0.414. The molecular weight excluding hydrogens is 488 g/mol. The molecule has 0 radical (unpaired) electrons. The van der Waals surface area contributed by atoms with Crippen molar-refractivity contribution in [2.24, 2.45) is 5.92 Å². The molecule has 37 heavy (non-hydrogen) atoms. The summed E-state index contributed by atoms with van der Waals surface area (Å²) >= 11 is 6.25. The van der Waals surface area contributed by atoms with Gasteiger partial charge < -0.3 is 20.3 Å². The summed E-state index contributed by atoms with van der Waals surface area (Å²) in [5, 5.41) is 16.0. The summed E-state index contributed by atoms with van der Waals surface area (Å²) in [5.41, 5.74) is 3.02. The van der Waals surface area contributed by atoms with Gasteiger partial charge in [0.25, 0.3) is 5.91 Å². The van der Waals surface area contributed by atoms with Crippen molar-refractivity contribution < 1.29 is 14.7 Å². The number of imidazole rings is 1. The summed E-state index contributed by atoms with van der Waals surface area (Å²) in [6.45, 7) is 6.79. The Hall–Kier alpha value is -3.16. The second kappa shape index (κ2) is 14.0. The molecule has 0 bridgehead atoms. The highest BCUT2D eigenvalue weighted by atomic mass is 35.5. The van der Waals surface area contributed by atoms with Crippen LogP contribution in [0.15, 0.2) is 54.6 Å². The monoisotopic (exact) mass is 524 g/mol. The molecule has 8 heteroatoms. The topological polar surface area (TPSA) is 96.2 Å². The number of unbranched alkanes of at least 4 members (excludes halogenated alkanes) is 1. The van der Waals surface area contributed by atoms with E-state index in [1.165, 1.54) is 0 Å². The molecule has 2 aromatic carbocycles. The van der Waals surface area contributed by atoms with Gasteiger partial charge in [-0.05, 0) is 35.6 Å². The van der Waals surface area contributed by atoms with Gasteiger partial charge in [-0.15, -0.1) is 0 Å². The van der Waals surface area contributed by atoms with Crippen LogP contribution in [0.1, 0.15) is 73.0 Å². The number of carbonyl (C=O) groups excluding carboxylic acids is 2. The highest BCUT2D eigenvalue weighted by Gasteiger charge is 2.26. The Labute approximate surface area is 224 Å². The molecule has 3 N–H and O–H groups in total. The number of aliphatic hydroxyl groups is 1. The lowest BCUT2D eigenvalue weighted by Crippen LogP contribution is -2.50. The van der Waals surface area contributed by atoms with Crippen LogP contribution in [0.4, 0.5) is 0 Å². The van der Waals surface area contributed by atoms with Gasteiger partial charge in [0.1, 0.15) is 11.9 Å². The summed E-state index contributed by atoms with van der Waals surface area (Å²) in [6, 6.07) is 16.3. The van der Waals surface area contributed by atoms with E-state index < -0.39 is 6.04 Å². The molecule has 7 nitrogen and oxygen atoms in total. The average molecular weight is 525 g/mol. The number of amides is 2. The number of hydrogen-bond acceptors (Lipinski definition) is 4. The van der Waals surface area contributed by atoms with Crippen LogP contribution in [0.3, 0.4) is 0 Å². The average Bonchev–Trinajstić information content (AvgIpc) is 3.22. The zero-order chi connectivity index (χ0) is 26.8. The molecule has 198 valence electrons. The Kier molecular flexibility index (Phi) is 10.7. The van der Waals surface area contributed by atoms with Gasteiger partial charge in [-0.2, -0.15) is 0 Å². The molecule has 2 atom stereocenters. The van der Waals surface area contributed by atoms with E-state index in [4.69, 9.17) is 11.6 Å². The van der Waals surface area contributed by atoms with Crippen LogP contribution in [-0.4, -0.2) is 32.5 Å². The summed E-state index contributed by atoms with van der Waals surface area (Å²) in [7, 11) is 0. The summed E-state index contributed by atoms with van der Waals surface area (Å²) in [4.78, 5) is 30.4. The third-order valence-corrected chi connectivity index (χ3v) is 6.96. The number of nitrogens with one attached hydrogen (secondary N) is 2. The quantitative estimate of drug-likeness (QED) is 0.297. The number of aromatic nitrogens is 2. The second-order valence-corrected chi connectivity index (χ2v) is 9.71. The molecule has 0 aliphatic heterocycles. The van der Waals surface area contributed by atoms with E-state index >= 15 is 0 Å². The SMILES string of the molecule is CCCCc1nc(Cl)c(CO)n1Cc1ccc(C(=O)N[C@H](C(=O)NCc2ccccc2)[C@@H](C)CC)cc1. The predicted octanol–water partition coefficient (Wildman–Crippen LogP) is 4.88. The Morgan fingerprint density at radius 2 is 1.76 bits per heavy atom. The Balaban J connectivity index is 1.68. The van der Waals surface area contributed by atoms with Crippen molar-refractivity contribution in [1.82, 2.24) is 20.2 Å². The number of nitrogens with zero attached hydrogens (tertiary/aromatic N) is 2. The van der Waals surface area contributed by atoms with Crippen LogP contribution >= 0.6 is 11.6 Å². The third-order valence-electron chi connectivity index (χ3n) is 6.65. The number of benzene rings is 2. The molecule has 0 unspecified atom stereocenters. The predicted molar refractivity (Wildman–Crippen MR) is 146 cm³/mol. The van der Waals surface area contributed by atoms with Crippen LogP contribution in [0, 0.1) is 5.92 Å². The standard InChI is InChI=1S/C29H37ClN4O3/c1-4-6-12-25-32-27(30)24(19-35)34(25)18-22-13-15-23(16-14-22)28(36)33-26(20(3)5-2)29(37)31-17-21-10-8-7-9-11-21/h7-11,13-16,20,26,35H,4-6,12,17-19H2,1-3H3,(H,31,37)(H,33,36)/t20-,26-/m0/s1. The van der Waals surface area contributed by atoms with Gasteiger partial charge in [-0.25, -0.2) is 4.98 Å². The highest BCUT2D eigenvalue weighted by Crippen LogP contribution is 2.21. The van der Waals surface area contributed by atoms with Crippen molar-refractivity contribution in [3.8, 4) is 0 Å². The normalized spacial score (nSPS) is 12.7. The van der Waals surface area contributed by atoms with Gasteiger partial charge in [0.2, 0.25) is 5.91 Å². The first-order valence-electron chi connectivity index (χ1n) is 12.9. The minimum Gasteiger partial charge on any atom is -0.390 e. The lowest BCUT2D eigenvalue weighted by atomic mass is 9.97. The number of aryl methyl sites for hydroxylation is 1. The Morgan fingerprint density at radius 1 is 1.05 bits per heavy atom. The van der Waals surface area contributed by atoms with Crippen LogP contribution in [-0.2, 0) is 30.9 Å². The number of halogens is 1. The van der Waals surface area contributed by atoms with E-state index in [0.717, 1.165) is 42.6 Å². The molecular formula is C29H37ClN4O3. The van der Waals surface area contributed by atoms with Gasteiger partial charge in [0.15, 0.2) is 5.15 Å². The maximum absolute atomic E-state index is 13.0. The first kappa shape index (κ1) is 28.4. The molecule has 0 aliphatic carbocycles. The van der Waals surface area contributed by atoms with Crippen LogP contribution in [0.5, 0.6) is 0 Å². The fourth-order valence-electron chi connectivity index (χ4n) is 4.13. The lowest BCUT2D eigenvalue weighted by Gasteiger charge is -2.23. The van der Waals surface area contributed by atoms with E-state index in [1.807, 2.05) is 60.9 Å². The zero-order valence-corrected chi connectivity index (χ0v) is 22.6. The first-order chi connectivity index (χ1) is 17.9. The Bertz CT molecular complexity index is 1160. The molecule has 3 rings (SSSR count). The first-order valence-corrected chi connectivity index (χ1v) is 13.3. The maximum Gasteiger partial charge on any atom is 0.251 e.